The summed E-state index contributed by atoms with van der Waals surface area (Å²) in [6, 6.07) is 10.9. The molecule has 2 aromatic rings. The van der Waals surface area contributed by atoms with Crippen molar-refractivity contribution < 1.29 is 14.3 Å². The van der Waals surface area contributed by atoms with Crippen LogP contribution in [0, 0.1) is 5.92 Å². The first-order valence-corrected chi connectivity index (χ1v) is 10.3. The molecule has 0 spiro atoms. The molecule has 0 bridgehead atoms. The molecule has 5 nitrogen and oxygen atoms in total. The maximum Gasteiger partial charge on any atom is 0.263 e. The molecule has 2 heterocycles. The number of amides is 2. The minimum absolute atomic E-state index is 0.0243. The Morgan fingerprint density at radius 3 is 2.78 bits per heavy atom. The molecule has 0 saturated carbocycles. The zero-order valence-corrected chi connectivity index (χ0v) is 16.8. The van der Waals surface area contributed by atoms with Crippen LogP contribution < -0.4 is 4.74 Å². The van der Waals surface area contributed by atoms with E-state index >= 15 is 0 Å². The fourth-order valence-electron chi connectivity index (χ4n) is 3.17. The lowest BCUT2D eigenvalue weighted by molar-refractivity contribution is -0.135. The summed E-state index contributed by atoms with van der Waals surface area (Å²) in [5.41, 5.74) is 0. The summed E-state index contributed by atoms with van der Waals surface area (Å²) in [5.74, 6) is 0.670. The molecule has 1 aliphatic heterocycles. The van der Waals surface area contributed by atoms with Crippen LogP contribution in [0.5, 0.6) is 5.75 Å². The standard InChI is InChI=1S/C20H23ClN2O3S/c1-22(11-12-26-17-8-6-16(21)7-9-17)19(24)15-4-2-10-23(14-15)20(25)18-5-3-13-27-18/h3,5-9,13,15H,2,4,10-12,14H2,1H3/t15-/m1/s1. The van der Waals surface area contributed by atoms with Gasteiger partial charge in [0.15, 0.2) is 0 Å². The van der Waals surface area contributed by atoms with E-state index in [2.05, 4.69) is 0 Å². The number of likely N-dealkylation sites (tertiary alicyclic amines) is 1. The third-order valence-corrected chi connectivity index (χ3v) is 5.78. The van der Waals surface area contributed by atoms with Crippen molar-refractivity contribution in [2.24, 2.45) is 5.92 Å². The summed E-state index contributed by atoms with van der Waals surface area (Å²) in [7, 11) is 1.79. The number of nitrogens with zero attached hydrogens (tertiary/aromatic N) is 2. The number of hydrogen-bond acceptors (Lipinski definition) is 4. The van der Waals surface area contributed by atoms with Gasteiger partial charge in [0, 0.05) is 25.2 Å². The summed E-state index contributed by atoms with van der Waals surface area (Å²) >= 11 is 7.29. The van der Waals surface area contributed by atoms with E-state index in [-0.39, 0.29) is 17.7 Å². The van der Waals surface area contributed by atoms with E-state index in [9.17, 15) is 9.59 Å². The third-order valence-electron chi connectivity index (χ3n) is 4.68. The predicted molar refractivity (Wildman–Crippen MR) is 108 cm³/mol. The van der Waals surface area contributed by atoms with E-state index < -0.39 is 0 Å². The van der Waals surface area contributed by atoms with E-state index in [4.69, 9.17) is 16.3 Å². The lowest BCUT2D eigenvalue weighted by atomic mass is 9.96. The van der Waals surface area contributed by atoms with Crippen LogP contribution in [-0.2, 0) is 4.79 Å². The molecule has 2 amide bonds. The smallest absolute Gasteiger partial charge is 0.263 e. The topological polar surface area (TPSA) is 49.9 Å². The van der Waals surface area contributed by atoms with Crippen molar-refractivity contribution in [1.29, 1.82) is 0 Å². The Morgan fingerprint density at radius 2 is 2.07 bits per heavy atom. The fraction of sp³-hybridized carbons (Fsp3) is 0.400. The number of carbonyl (C=O) groups is 2. The van der Waals surface area contributed by atoms with Crippen LogP contribution in [-0.4, -0.2) is 54.9 Å². The fourth-order valence-corrected chi connectivity index (χ4v) is 3.99. The molecule has 1 aliphatic rings. The Hall–Kier alpha value is -2.05. The highest BCUT2D eigenvalue weighted by molar-refractivity contribution is 7.12. The molecule has 3 rings (SSSR count). The van der Waals surface area contributed by atoms with Crippen molar-refractivity contribution >= 4 is 34.8 Å². The number of halogens is 1. The SMILES string of the molecule is CN(CCOc1ccc(Cl)cc1)C(=O)[C@@H]1CCCN(C(=O)c2cccs2)C1. The van der Waals surface area contributed by atoms with E-state index in [1.54, 1.807) is 41.1 Å². The van der Waals surface area contributed by atoms with Gasteiger partial charge in [0.2, 0.25) is 5.91 Å². The average Bonchev–Trinajstić information content (AvgIpc) is 3.23. The summed E-state index contributed by atoms with van der Waals surface area (Å²) in [5, 5.41) is 2.56. The van der Waals surface area contributed by atoms with E-state index in [0.29, 0.717) is 31.3 Å². The van der Waals surface area contributed by atoms with Gasteiger partial charge in [-0.2, -0.15) is 0 Å². The molecule has 144 valence electrons. The molecule has 0 radical (unpaired) electrons. The Balaban J connectivity index is 1.48. The van der Waals surface area contributed by atoms with Crippen LogP contribution in [0.25, 0.3) is 0 Å². The monoisotopic (exact) mass is 406 g/mol. The predicted octanol–water partition coefficient (Wildman–Crippen LogP) is 3.79. The first-order valence-electron chi connectivity index (χ1n) is 9.00. The number of carbonyl (C=O) groups excluding carboxylic acids is 2. The Kier molecular flexibility index (Phi) is 6.74. The number of hydrogen-bond donors (Lipinski definition) is 0. The molecule has 1 fully saturated rings. The second kappa shape index (κ2) is 9.24. The normalized spacial score (nSPS) is 16.8. The van der Waals surface area contributed by atoms with Gasteiger partial charge in [0.25, 0.3) is 5.91 Å². The van der Waals surface area contributed by atoms with Crippen molar-refractivity contribution in [3.63, 3.8) is 0 Å². The Bertz CT molecular complexity index is 764. The van der Waals surface area contributed by atoms with Gasteiger partial charge in [0.1, 0.15) is 12.4 Å². The van der Waals surface area contributed by atoms with Gasteiger partial charge >= 0.3 is 0 Å². The zero-order valence-electron chi connectivity index (χ0n) is 15.3. The molecule has 0 N–H and O–H groups in total. The van der Waals surface area contributed by atoms with Crippen LogP contribution >= 0.6 is 22.9 Å². The van der Waals surface area contributed by atoms with Crippen molar-refractivity contribution in [2.45, 2.75) is 12.8 Å². The van der Waals surface area contributed by atoms with Crippen molar-refractivity contribution in [3.05, 3.63) is 51.7 Å². The number of ether oxygens (including phenoxy) is 1. The number of benzene rings is 1. The van der Waals surface area contributed by atoms with Gasteiger partial charge in [-0.15, -0.1) is 11.3 Å². The van der Waals surface area contributed by atoms with Gasteiger partial charge < -0.3 is 14.5 Å². The summed E-state index contributed by atoms with van der Waals surface area (Å²) in [6.45, 7) is 2.10. The van der Waals surface area contributed by atoms with E-state index in [1.165, 1.54) is 11.3 Å². The number of piperidine rings is 1. The molecule has 1 aromatic carbocycles. The lowest BCUT2D eigenvalue weighted by Gasteiger charge is -2.33. The first kappa shape index (κ1) is 19.7. The van der Waals surface area contributed by atoms with Crippen molar-refractivity contribution in [2.75, 3.05) is 33.3 Å². The molecule has 7 heteroatoms. The summed E-state index contributed by atoms with van der Waals surface area (Å²) in [6.07, 6.45) is 1.66. The minimum atomic E-state index is -0.150. The minimum Gasteiger partial charge on any atom is -0.492 e. The number of likely N-dealkylation sites (N-methyl/N-ethyl adjacent to an activating group) is 1. The van der Waals surface area contributed by atoms with Gasteiger partial charge in [-0.25, -0.2) is 0 Å². The molecule has 1 atom stereocenters. The van der Waals surface area contributed by atoms with Gasteiger partial charge in [-0.1, -0.05) is 17.7 Å². The summed E-state index contributed by atoms with van der Waals surface area (Å²) < 4.78 is 5.66. The van der Waals surface area contributed by atoms with Gasteiger partial charge in [0.05, 0.1) is 17.3 Å². The summed E-state index contributed by atoms with van der Waals surface area (Å²) in [4.78, 5) is 29.5. The molecule has 0 aliphatic carbocycles. The van der Waals surface area contributed by atoms with Crippen LogP contribution in [0.2, 0.25) is 5.02 Å². The highest BCUT2D eigenvalue weighted by Crippen LogP contribution is 2.22. The highest BCUT2D eigenvalue weighted by atomic mass is 35.5. The molecule has 27 heavy (non-hydrogen) atoms. The maximum atomic E-state index is 12.8. The van der Waals surface area contributed by atoms with Crippen LogP contribution in [0.4, 0.5) is 0 Å². The van der Waals surface area contributed by atoms with Crippen molar-refractivity contribution in [1.82, 2.24) is 9.80 Å². The van der Waals surface area contributed by atoms with Gasteiger partial charge in [-0.05, 0) is 48.6 Å². The van der Waals surface area contributed by atoms with Crippen molar-refractivity contribution in [3.8, 4) is 5.75 Å². The van der Waals surface area contributed by atoms with Gasteiger partial charge in [-0.3, -0.25) is 9.59 Å². The lowest BCUT2D eigenvalue weighted by Crippen LogP contribution is -2.46. The average molecular weight is 407 g/mol. The Labute approximate surface area is 168 Å². The highest BCUT2D eigenvalue weighted by Gasteiger charge is 2.30. The maximum absolute atomic E-state index is 12.8. The molecule has 0 unspecified atom stereocenters. The van der Waals surface area contributed by atoms with Crippen LogP contribution in [0.15, 0.2) is 41.8 Å². The first-order chi connectivity index (χ1) is 13.0. The quantitative estimate of drug-likeness (QED) is 0.733. The van der Waals surface area contributed by atoms with E-state index in [0.717, 1.165) is 23.5 Å². The van der Waals surface area contributed by atoms with Crippen LogP contribution in [0.1, 0.15) is 22.5 Å². The number of thiophene rings is 1. The molecule has 1 saturated heterocycles. The molecule has 1 aromatic heterocycles. The second-order valence-corrected chi connectivity index (χ2v) is 8.01. The number of rotatable bonds is 6. The second-order valence-electron chi connectivity index (χ2n) is 6.63. The molecular formula is C20H23ClN2O3S. The third kappa shape index (κ3) is 5.23. The molecular weight excluding hydrogens is 384 g/mol. The van der Waals surface area contributed by atoms with Crippen LogP contribution in [0.3, 0.4) is 0 Å². The zero-order chi connectivity index (χ0) is 19.2. The Morgan fingerprint density at radius 1 is 1.30 bits per heavy atom. The largest absolute Gasteiger partial charge is 0.492 e. The van der Waals surface area contributed by atoms with E-state index in [1.807, 2.05) is 17.5 Å².